The van der Waals surface area contributed by atoms with E-state index < -0.39 is 26.4 Å². The summed E-state index contributed by atoms with van der Waals surface area (Å²) in [4.78, 5) is 22.9. The summed E-state index contributed by atoms with van der Waals surface area (Å²) in [6, 6.07) is 2.45. The number of rotatable bonds is 8. The van der Waals surface area contributed by atoms with Gasteiger partial charge in [-0.15, -0.1) is 0 Å². The van der Waals surface area contributed by atoms with Crippen LogP contribution in [0.4, 0.5) is 0 Å². The van der Waals surface area contributed by atoms with Crippen molar-refractivity contribution in [2.75, 3.05) is 6.61 Å². The maximum atomic E-state index is 11.7. The number of carbonyl (C=O) groups excluding carboxylic acids is 2. The molecule has 0 aliphatic carbocycles. The summed E-state index contributed by atoms with van der Waals surface area (Å²) in [7, 11) is -2.07. The lowest BCUT2D eigenvalue weighted by atomic mass is 10.2. The van der Waals surface area contributed by atoms with Gasteiger partial charge in [0, 0.05) is 0 Å². The molecule has 0 bridgehead atoms. The van der Waals surface area contributed by atoms with Crippen LogP contribution in [-0.2, 0) is 18.8 Å². The van der Waals surface area contributed by atoms with E-state index in [-0.39, 0.29) is 13.0 Å². The Morgan fingerprint density at radius 2 is 1.61 bits per heavy atom. The van der Waals surface area contributed by atoms with E-state index in [1.165, 1.54) is 0 Å². The lowest BCUT2D eigenvalue weighted by molar-refractivity contribution is -0.154. The first-order valence-electron chi connectivity index (χ1n) is 6.51. The molecular formula is C12H24O5Si. The predicted octanol–water partition coefficient (Wildman–Crippen LogP) is 1.85. The van der Waals surface area contributed by atoms with E-state index in [0.29, 0.717) is 0 Å². The van der Waals surface area contributed by atoms with Gasteiger partial charge in [0.15, 0.2) is 6.10 Å². The van der Waals surface area contributed by atoms with E-state index in [1.54, 1.807) is 6.92 Å². The van der Waals surface area contributed by atoms with Crippen LogP contribution in [0.15, 0.2) is 0 Å². The maximum Gasteiger partial charge on any atom is 0.322 e. The maximum absolute atomic E-state index is 11.7. The van der Waals surface area contributed by atoms with Gasteiger partial charge in [-0.2, -0.15) is 0 Å². The van der Waals surface area contributed by atoms with E-state index in [2.05, 4.69) is 4.74 Å². The molecule has 0 aromatic carbocycles. The Bertz CT molecular complexity index is 267. The molecule has 0 saturated heterocycles. The predicted molar refractivity (Wildman–Crippen MR) is 70.5 cm³/mol. The fourth-order valence-electron chi connectivity index (χ4n) is 1.71. The fraction of sp³-hybridized carbons (Fsp3) is 0.833. The van der Waals surface area contributed by atoms with Crippen molar-refractivity contribution in [2.24, 2.45) is 0 Å². The lowest BCUT2D eigenvalue weighted by Crippen LogP contribution is -2.42. The van der Waals surface area contributed by atoms with Crippen molar-refractivity contribution in [2.45, 2.75) is 58.4 Å². The van der Waals surface area contributed by atoms with Crippen molar-refractivity contribution in [1.82, 2.24) is 0 Å². The van der Waals surface area contributed by atoms with Crippen molar-refractivity contribution >= 4 is 20.3 Å². The highest BCUT2D eigenvalue weighted by Gasteiger charge is 2.35. The van der Waals surface area contributed by atoms with Crippen LogP contribution in [-0.4, -0.2) is 38.1 Å². The van der Waals surface area contributed by atoms with Crippen molar-refractivity contribution in [3.63, 3.8) is 0 Å². The number of aliphatic hydroxyl groups excluding tert-OH is 1. The molecule has 0 rings (SSSR count). The van der Waals surface area contributed by atoms with E-state index in [9.17, 15) is 14.7 Å². The fourth-order valence-corrected chi connectivity index (χ4v) is 4.20. The van der Waals surface area contributed by atoms with E-state index >= 15 is 0 Å². The van der Waals surface area contributed by atoms with Crippen LogP contribution in [0, 0.1) is 0 Å². The third-order valence-corrected chi connectivity index (χ3v) is 7.69. The van der Waals surface area contributed by atoms with Crippen LogP contribution in [0.25, 0.3) is 0 Å². The molecule has 0 aromatic heterocycles. The van der Waals surface area contributed by atoms with Crippen LogP contribution in [0.3, 0.4) is 0 Å². The van der Waals surface area contributed by atoms with Crippen LogP contribution in [0.5, 0.6) is 0 Å². The second-order valence-electron chi connectivity index (χ2n) is 4.19. The molecule has 0 aliphatic heterocycles. The summed E-state index contributed by atoms with van der Waals surface area (Å²) in [6.45, 7) is 7.88. The molecule has 1 atom stereocenters. The van der Waals surface area contributed by atoms with Gasteiger partial charge in [-0.1, -0.05) is 20.8 Å². The van der Waals surface area contributed by atoms with Crippen LogP contribution >= 0.6 is 0 Å². The van der Waals surface area contributed by atoms with E-state index in [1.807, 2.05) is 20.8 Å². The molecule has 1 N–H and O–H groups in total. The first-order chi connectivity index (χ1) is 8.44. The van der Waals surface area contributed by atoms with Crippen molar-refractivity contribution < 1.29 is 23.9 Å². The Morgan fingerprint density at radius 3 is 2.00 bits per heavy atom. The van der Waals surface area contributed by atoms with Gasteiger partial charge >= 0.3 is 11.9 Å². The smallest absolute Gasteiger partial charge is 0.322 e. The molecule has 0 heterocycles. The van der Waals surface area contributed by atoms with Gasteiger partial charge in [-0.3, -0.25) is 9.59 Å². The largest absolute Gasteiger partial charge is 0.517 e. The monoisotopic (exact) mass is 276 g/mol. The molecule has 0 spiro atoms. The van der Waals surface area contributed by atoms with E-state index in [0.717, 1.165) is 18.1 Å². The Kier molecular flexibility index (Phi) is 7.85. The minimum absolute atomic E-state index is 0.234. The molecule has 1 unspecified atom stereocenters. The highest BCUT2D eigenvalue weighted by Crippen LogP contribution is 2.22. The minimum Gasteiger partial charge on any atom is -0.517 e. The third kappa shape index (κ3) is 5.18. The molecule has 6 heteroatoms. The van der Waals surface area contributed by atoms with Crippen LogP contribution in [0.2, 0.25) is 18.1 Å². The topological polar surface area (TPSA) is 72.8 Å². The van der Waals surface area contributed by atoms with Gasteiger partial charge in [0.1, 0.15) is 0 Å². The quantitative estimate of drug-likeness (QED) is 0.541. The van der Waals surface area contributed by atoms with Gasteiger partial charge in [-0.05, 0) is 25.1 Å². The molecule has 18 heavy (non-hydrogen) atoms. The highest BCUT2D eigenvalue weighted by molar-refractivity contribution is 6.75. The summed E-state index contributed by atoms with van der Waals surface area (Å²) in [5.74, 6) is -1.28. The number of esters is 1. The number of carbonyl (C=O) groups is 2. The summed E-state index contributed by atoms with van der Waals surface area (Å²) in [5.41, 5.74) is 0. The number of hydrogen-bond acceptors (Lipinski definition) is 5. The lowest BCUT2D eigenvalue weighted by Gasteiger charge is -2.28. The molecule has 0 aliphatic rings. The SMILES string of the molecule is CCOC(=O)CC(O)C(=O)O[Si](CC)(CC)CC. The zero-order chi connectivity index (χ0) is 14.2. The number of aliphatic hydroxyl groups is 1. The number of hydrogen-bond donors (Lipinski definition) is 1. The van der Waals surface area contributed by atoms with Crippen molar-refractivity contribution in [1.29, 1.82) is 0 Å². The van der Waals surface area contributed by atoms with Gasteiger partial charge in [0.2, 0.25) is 0 Å². The molecule has 0 aromatic rings. The first-order valence-corrected chi connectivity index (χ1v) is 9.04. The minimum atomic E-state index is -2.07. The molecule has 0 amide bonds. The normalized spacial score (nSPS) is 12.9. The molecule has 106 valence electrons. The molecule has 5 nitrogen and oxygen atoms in total. The van der Waals surface area contributed by atoms with Crippen LogP contribution in [0.1, 0.15) is 34.1 Å². The second-order valence-corrected chi connectivity index (χ2v) is 8.88. The summed E-state index contributed by atoms with van der Waals surface area (Å²) in [5, 5.41) is 9.61. The summed E-state index contributed by atoms with van der Waals surface area (Å²) >= 11 is 0. The second kappa shape index (κ2) is 8.26. The zero-order valence-electron chi connectivity index (χ0n) is 11.7. The van der Waals surface area contributed by atoms with Gasteiger partial charge in [0.05, 0.1) is 13.0 Å². The van der Waals surface area contributed by atoms with E-state index in [4.69, 9.17) is 4.43 Å². The van der Waals surface area contributed by atoms with Gasteiger partial charge in [0.25, 0.3) is 8.32 Å². The Balaban J connectivity index is 4.42. The van der Waals surface area contributed by atoms with Gasteiger partial charge in [-0.25, -0.2) is 0 Å². The summed E-state index contributed by atoms with van der Waals surface area (Å²) in [6.07, 6.45) is -1.76. The first kappa shape index (κ1) is 17.1. The number of ether oxygens (including phenoxy) is 1. The Morgan fingerprint density at radius 1 is 1.11 bits per heavy atom. The standard InChI is InChI=1S/C12H24O5Si/c1-5-16-11(14)9-10(13)12(15)17-18(6-2,7-3)8-4/h10,13H,5-9H2,1-4H3. The highest BCUT2D eigenvalue weighted by atomic mass is 28.4. The zero-order valence-corrected chi connectivity index (χ0v) is 12.7. The molecular weight excluding hydrogens is 252 g/mol. The van der Waals surface area contributed by atoms with Crippen molar-refractivity contribution in [3.8, 4) is 0 Å². The summed E-state index contributed by atoms with van der Waals surface area (Å²) < 4.78 is 10.1. The van der Waals surface area contributed by atoms with Crippen molar-refractivity contribution in [3.05, 3.63) is 0 Å². The van der Waals surface area contributed by atoms with Gasteiger partial charge < -0.3 is 14.3 Å². The van der Waals surface area contributed by atoms with Crippen LogP contribution < -0.4 is 0 Å². The third-order valence-electron chi connectivity index (χ3n) is 3.19. The Hall–Kier alpha value is -0.883. The molecule has 0 saturated carbocycles. The molecule has 0 fully saturated rings. The average molecular weight is 276 g/mol. The Labute approximate surface area is 110 Å². The average Bonchev–Trinajstić information content (AvgIpc) is 2.36. The molecule has 0 radical (unpaired) electrons.